The zero-order valence-corrected chi connectivity index (χ0v) is 9.70. The summed E-state index contributed by atoms with van der Waals surface area (Å²) in [5.41, 5.74) is 2.36. The van der Waals surface area contributed by atoms with Crippen LogP contribution in [0, 0.1) is 7.11 Å². The lowest BCUT2D eigenvalue weighted by atomic mass is 10.1. The van der Waals surface area contributed by atoms with Gasteiger partial charge in [-0.15, -0.1) is 0 Å². The molecule has 0 bridgehead atoms. The third-order valence-electron chi connectivity index (χ3n) is 2.20. The van der Waals surface area contributed by atoms with Crippen molar-refractivity contribution in [3.63, 3.8) is 0 Å². The molecule has 0 aliphatic heterocycles. The third-order valence-corrected chi connectivity index (χ3v) is 2.73. The van der Waals surface area contributed by atoms with Crippen LogP contribution in [0.5, 0.6) is 5.75 Å². The van der Waals surface area contributed by atoms with Gasteiger partial charge in [-0.25, -0.2) is 0 Å². The summed E-state index contributed by atoms with van der Waals surface area (Å²) < 4.78 is 5.95. The number of benzene rings is 2. The van der Waals surface area contributed by atoms with E-state index in [0.717, 1.165) is 10.2 Å². The predicted octanol–water partition coefficient (Wildman–Crippen LogP) is 4.29. The highest BCUT2D eigenvalue weighted by Gasteiger charge is 1.97. The monoisotopic (exact) mass is 261 g/mol. The van der Waals surface area contributed by atoms with E-state index in [2.05, 4.69) is 35.2 Å². The number of hydrogen-bond donors (Lipinski definition) is 0. The molecule has 0 saturated carbocycles. The maximum absolute atomic E-state index is 4.87. The minimum atomic E-state index is 0.774. The fourth-order valence-corrected chi connectivity index (χ4v) is 1.65. The van der Waals surface area contributed by atoms with Crippen molar-refractivity contribution in [2.24, 2.45) is 0 Å². The van der Waals surface area contributed by atoms with E-state index in [4.69, 9.17) is 4.74 Å². The first-order valence-corrected chi connectivity index (χ1v) is 5.37. The van der Waals surface area contributed by atoms with Crippen molar-refractivity contribution in [2.45, 2.75) is 0 Å². The number of hydrogen-bond acceptors (Lipinski definition) is 1. The van der Waals surface area contributed by atoms with Gasteiger partial charge in [-0.3, -0.25) is 0 Å². The summed E-state index contributed by atoms with van der Waals surface area (Å²) in [4.78, 5) is 0. The molecule has 2 aromatic rings. The minimum Gasteiger partial charge on any atom is -0.490 e. The first kappa shape index (κ1) is 10.2. The summed E-state index contributed by atoms with van der Waals surface area (Å²) in [5.74, 6) is 0.774. The van der Waals surface area contributed by atoms with Crippen LogP contribution >= 0.6 is 15.9 Å². The molecule has 75 valence electrons. The Labute approximate surface area is 97.8 Å². The Kier molecular flexibility index (Phi) is 3.07. The Morgan fingerprint density at radius 3 is 1.73 bits per heavy atom. The summed E-state index contributed by atoms with van der Waals surface area (Å²) in [7, 11) is 3.36. The van der Waals surface area contributed by atoms with Crippen molar-refractivity contribution in [1.82, 2.24) is 0 Å². The Bertz CT molecular complexity index is 431. The molecule has 0 aliphatic rings. The molecule has 15 heavy (non-hydrogen) atoms. The van der Waals surface area contributed by atoms with Crippen LogP contribution in [0.4, 0.5) is 0 Å². The summed E-state index contributed by atoms with van der Waals surface area (Å²) in [5, 5.41) is 0. The molecular weight excluding hydrogens is 252 g/mol. The Balaban J connectivity index is 2.33. The summed E-state index contributed by atoms with van der Waals surface area (Å²) in [6.07, 6.45) is 0. The van der Waals surface area contributed by atoms with Crippen molar-refractivity contribution in [1.29, 1.82) is 0 Å². The molecule has 0 aromatic heterocycles. The van der Waals surface area contributed by atoms with E-state index in [1.54, 1.807) is 0 Å². The van der Waals surface area contributed by atoms with Crippen LogP contribution in [-0.4, -0.2) is 0 Å². The first-order chi connectivity index (χ1) is 7.29. The normalized spacial score (nSPS) is 10.0. The van der Waals surface area contributed by atoms with E-state index in [1.165, 1.54) is 11.1 Å². The maximum atomic E-state index is 4.87. The molecule has 1 nitrogen and oxygen atoms in total. The van der Waals surface area contributed by atoms with E-state index in [-0.39, 0.29) is 0 Å². The Morgan fingerprint density at radius 2 is 1.27 bits per heavy atom. The molecule has 2 aromatic carbocycles. The van der Waals surface area contributed by atoms with Crippen molar-refractivity contribution >= 4 is 15.9 Å². The first-order valence-electron chi connectivity index (χ1n) is 4.57. The topological polar surface area (TPSA) is 9.23 Å². The van der Waals surface area contributed by atoms with Crippen LogP contribution in [0.15, 0.2) is 53.0 Å². The lowest BCUT2D eigenvalue weighted by Crippen LogP contribution is -1.80. The fraction of sp³-hybridized carbons (Fsp3) is 0. The second kappa shape index (κ2) is 4.49. The molecule has 0 unspecified atom stereocenters. The lowest BCUT2D eigenvalue weighted by Gasteiger charge is -2.03. The van der Waals surface area contributed by atoms with Crippen molar-refractivity contribution < 1.29 is 4.74 Å². The van der Waals surface area contributed by atoms with Crippen LogP contribution in [0.1, 0.15) is 0 Å². The number of rotatable bonds is 2. The van der Waals surface area contributed by atoms with Gasteiger partial charge in [0.15, 0.2) is 0 Å². The van der Waals surface area contributed by atoms with E-state index >= 15 is 0 Å². The van der Waals surface area contributed by atoms with Gasteiger partial charge in [0.1, 0.15) is 12.9 Å². The average molecular weight is 262 g/mol. The minimum absolute atomic E-state index is 0.774. The zero-order valence-electron chi connectivity index (χ0n) is 8.11. The van der Waals surface area contributed by atoms with Gasteiger partial charge in [0.25, 0.3) is 0 Å². The smallest absolute Gasteiger partial charge is 0.122 e. The van der Waals surface area contributed by atoms with Crippen LogP contribution in [0.3, 0.4) is 0 Å². The highest BCUT2D eigenvalue weighted by molar-refractivity contribution is 9.10. The van der Waals surface area contributed by atoms with Gasteiger partial charge in [-0.05, 0) is 35.4 Å². The SMILES string of the molecule is [CH2]Oc1ccc(-c2ccc(Br)cc2)cc1. The molecule has 0 atom stereocenters. The van der Waals surface area contributed by atoms with Crippen molar-refractivity contribution in [2.75, 3.05) is 0 Å². The van der Waals surface area contributed by atoms with Gasteiger partial charge in [0.05, 0.1) is 0 Å². The van der Waals surface area contributed by atoms with Crippen molar-refractivity contribution in [3.8, 4) is 16.9 Å². The Hall–Kier alpha value is -1.28. The maximum Gasteiger partial charge on any atom is 0.122 e. The molecule has 0 amide bonds. The summed E-state index contributed by atoms with van der Waals surface area (Å²) in [6, 6.07) is 16.1. The molecule has 0 aliphatic carbocycles. The van der Waals surface area contributed by atoms with Crippen LogP contribution < -0.4 is 4.74 Å². The second-order valence-electron chi connectivity index (χ2n) is 3.18. The molecule has 0 fully saturated rings. The quantitative estimate of drug-likeness (QED) is 0.784. The van der Waals surface area contributed by atoms with E-state index < -0.39 is 0 Å². The van der Waals surface area contributed by atoms with Crippen LogP contribution in [0.2, 0.25) is 0 Å². The predicted molar refractivity (Wildman–Crippen MR) is 65.6 cm³/mol. The second-order valence-corrected chi connectivity index (χ2v) is 4.09. The molecule has 0 N–H and O–H groups in total. The van der Waals surface area contributed by atoms with Gasteiger partial charge < -0.3 is 4.74 Å². The van der Waals surface area contributed by atoms with Gasteiger partial charge in [-0.2, -0.15) is 0 Å². The number of ether oxygens (including phenoxy) is 1. The van der Waals surface area contributed by atoms with E-state index in [1.807, 2.05) is 36.4 Å². The summed E-state index contributed by atoms with van der Waals surface area (Å²) >= 11 is 3.41. The molecule has 0 saturated heterocycles. The number of halogens is 1. The van der Waals surface area contributed by atoms with Gasteiger partial charge >= 0.3 is 0 Å². The fourth-order valence-electron chi connectivity index (χ4n) is 1.39. The zero-order chi connectivity index (χ0) is 10.7. The van der Waals surface area contributed by atoms with Gasteiger partial charge in [0, 0.05) is 4.47 Å². The van der Waals surface area contributed by atoms with E-state index in [0.29, 0.717) is 0 Å². The summed E-state index contributed by atoms with van der Waals surface area (Å²) in [6.45, 7) is 0. The molecular formula is C13H10BrO. The largest absolute Gasteiger partial charge is 0.490 e. The van der Waals surface area contributed by atoms with Crippen molar-refractivity contribution in [3.05, 3.63) is 60.1 Å². The molecule has 0 spiro atoms. The molecule has 0 heterocycles. The highest BCUT2D eigenvalue weighted by atomic mass is 79.9. The Morgan fingerprint density at radius 1 is 0.800 bits per heavy atom. The molecule has 2 rings (SSSR count). The van der Waals surface area contributed by atoms with E-state index in [9.17, 15) is 0 Å². The lowest BCUT2D eigenvalue weighted by molar-refractivity contribution is 0.473. The standard InChI is InChI=1S/C13H10BrO/c1-15-13-8-4-11(5-9-13)10-2-6-12(14)7-3-10/h2-9H,1H2. The van der Waals surface area contributed by atoms with Crippen LogP contribution in [-0.2, 0) is 0 Å². The highest BCUT2D eigenvalue weighted by Crippen LogP contribution is 2.23. The van der Waals surface area contributed by atoms with Crippen LogP contribution in [0.25, 0.3) is 11.1 Å². The third kappa shape index (κ3) is 2.39. The molecule has 2 heteroatoms. The molecule has 1 radical (unpaired) electrons. The average Bonchev–Trinajstić information content (AvgIpc) is 2.30. The van der Waals surface area contributed by atoms with Gasteiger partial charge in [-0.1, -0.05) is 40.2 Å². The van der Waals surface area contributed by atoms with Gasteiger partial charge in [0.2, 0.25) is 0 Å².